The highest BCUT2D eigenvalue weighted by molar-refractivity contribution is 7.13. The van der Waals surface area contributed by atoms with Crippen molar-refractivity contribution in [1.29, 1.82) is 0 Å². The number of amides is 1. The number of carbonyl (C=O) groups excluding carboxylic acids is 1. The minimum absolute atomic E-state index is 0.264. The van der Waals surface area contributed by atoms with E-state index in [1.807, 2.05) is 60.8 Å². The van der Waals surface area contributed by atoms with E-state index in [0.29, 0.717) is 22.3 Å². The van der Waals surface area contributed by atoms with Gasteiger partial charge in [-0.3, -0.25) is 10.1 Å². The largest absolute Gasteiger partial charge is 0.333 e. The van der Waals surface area contributed by atoms with Gasteiger partial charge in [-0.2, -0.15) is 0 Å². The van der Waals surface area contributed by atoms with Crippen LogP contribution < -0.4 is 5.32 Å². The molecule has 3 aromatic carbocycles. The van der Waals surface area contributed by atoms with E-state index >= 15 is 0 Å². The summed E-state index contributed by atoms with van der Waals surface area (Å²) in [5.74, 6) is 0.395. The molecule has 146 valence electrons. The van der Waals surface area contributed by atoms with Crippen LogP contribution in [0.25, 0.3) is 33.4 Å². The molecule has 30 heavy (non-hydrogen) atoms. The molecule has 0 aliphatic carbocycles. The van der Waals surface area contributed by atoms with E-state index in [0.717, 1.165) is 27.5 Å². The fourth-order valence-electron chi connectivity index (χ4n) is 3.46. The predicted molar refractivity (Wildman–Crippen MR) is 122 cm³/mol. The molecule has 6 heteroatoms. The molecule has 0 atom stereocenters. The van der Waals surface area contributed by atoms with Gasteiger partial charge in [0.1, 0.15) is 17.2 Å². The Labute approximate surface area is 177 Å². The first-order valence-corrected chi connectivity index (χ1v) is 10.4. The van der Waals surface area contributed by atoms with E-state index in [1.54, 1.807) is 6.20 Å². The topological polar surface area (TPSA) is 70.7 Å². The number of aromatic nitrogens is 3. The zero-order chi connectivity index (χ0) is 20.5. The molecule has 0 saturated heterocycles. The average Bonchev–Trinajstić information content (AvgIpc) is 3.44. The Bertz CT molecular complexity index is 1330. The Kier molecular flexibility index (Phi) is 4.61. The van der Waals surface area contributed by atoms with Gasteiger partial charge in [0.2, 0.25) is 0 Å². The van der Waals surface area contributed by atoms with Gasteiger partial charge >= 0.3 is 0 Å². The third-order valence-corrected chi connectivity index (χ3v) is 5.64. The zero-order valence-corrected chi connectivity index (χ0v) is 17.0. The van der Waals surface area contributed by atoms with Crippen LogP contribution in [0.3, 0.4) is 0 Å². The van der Waals surface area contributed by atoms with Crippen molar-refractivity contribution in [2.24, 2.45) is 0 Å². The number of hydrogen-bond donors (Lipinski definition) is 2. The Morgan fingerprint density at radius 3 is 2.60 bits per heavy atom. The van der Waals surface area contributed by atoms with Crippen molar-refractivity contribution in [1.82, 2.24) is 15.0 Å². The number of benzene rings is 3. The molecule has 5 aromatic rings. The molecule has 5 nitrogen and oxygen atoms in total. The van der Waals surface area contributed by atoms with E-state index in [9.17, 15) is 4.79 Å². The highest BCUT2D eigenvalue weighted by atomic mass is 32.1. The number of anilines is 1. The summed E-state index contributed by atoms with van der Waals surface area (Å²) >= 11 is 1.38. The van der Waals surface area contributed by atoms with Crippen LogP contribution in [0.5, 0.6) is 0 Å². The molecule has 0 spiro atoms. The van der Waals surface area contributed by atoms with Crippen LogP contribution in [0.4, 0.5) is 5.13 Å². The van der Waals surface area contributed by atoms with Crippen molar-refractivity contribution >= 4 is 33.1 Å². The molecule has 2 heterocycles. The number of imidazole rings is 1. The number of carbonyl (C=O) groups is 1. The van der Waals surface area contributed by atoms with Crippen LogP contribution >= 0.6 is 11.3 Å². The van der Waals surface area contributed by atoms with E-state index in [4.69, 9.17) is 4.98 Å². The van der Waals surface area contributed by atoms with Gasteiger partial charge in [-0.25, -0.2) is 9.97 Å². The molecule has 1 amide bonds. The van der Waals surface area contributed by atoms with Crippen molar-refractivity contribution < 1.29 is 4.79 Å². The normalized spacial score (nSPS) is 11.0. The Hall–Kier alpha value is -3.77. The number of aryl methyl sites for hydroxylation is 1. The Morgan fingerprint density at radius 2 is 1.80 bits per heavy atom. The summed E-state index contributed by atoms with van der Waals surface area (Å²) in [6.45, 7) is 2.03. The molecule has 2 aromatic heterocycles. The third-order valence-electron chi connectivity index (χ3n) is 4.95. The third kappa shape index (κ3) is 3.38. The number of H-pyrrole nitrogens is 1. The Morgan fingerprint density at radius 1 is 1.00 bits per heavy atom. The lowest BCUT2D eigenvalue weighted by Gasteiger charge is -2.03. The fraction of sp³-hybridized carbons (Fsp3) is 0.0417. The maximum atomic E-state index is 13.1. The lowest BCUT2D eigenvalue weighted by Crippen LogP contribution is -2.13. The van der Waals surface area contributed by atoms with Crippen LogP contribution in [0.15, 0.2) is 78.3 Å². The first-order chi connectivity index (χ1) is 14.7. The van der Waals surface area contributed by atoms with Crippen molar-refractivity contribution in [2.45, 2.75) is 6.92 Å². The molecular formula is C24H18N4OS. The first kappa shape index (κ1) is 18.3. The number of hydrogen-bond acceptors (Lipinski definition) is 4. The summed E-state index contributed by atoms with van der Waals surface area (Å²) in [6, 6.07) is 22.2. The van der Waals surface area contributed by atoms with Gasteiger partial charge in [-0.1, -0.05) is 72.3 Å². The quantitative estimate of drug-likeness (QED) is 0.387. The minimum Gasteiger partial charge on any atom is -0.333 e. The predicted octanol–water partition coefficient (Wildman–Crippen LogP) is 5.91. The molecule has 0 radical (unpaired) electrons. The van der Waals surface area contributed by atoms with Gasteiger partial charge in [0.15, 0.2) is 5.13 Å². The second kappa shape index (κ2) is 7.57. The smallest absolute Gasteiger partial charge is 0.276 e. The number of rotatable bonds is 4. The van der Waals surface area contributed by atoms with Gasteiger partial charge < -0.3 is 4.98 Å². The van der Waals surface area contributed by atoms with E-state index < -0.39 is 0 Å². The summed E-state index contributed by atoms with van der Waals surface area (Å²) in [6.07, 6.45) is 1.66. The van der Waals surface area contributed by atoms with E-state index in [-0.39, 0.29) is 5.91 Å². The standard InChI is InChI=1S/C24H18N4OS/c1-15-9-11-17(12-10-15)20-21(23(29)28-24-25-13-14-30-24)27-22(26-20)19-8-4-6-16-5-2-3-7-18(16)19/h2-14H,1H3,(H,26,27)(H,25,28,29). The maximum Gasteiger partial charge on any atom is 0.276 e. The molecule has 0 unspecified atom stereocenters. The van der Waals surface area contributed by atoms with Gasteiger partial charge in [-0.05, 0) is 17.7 Å². The van der Waals surface area contributed by atoms with Crippen molar-refractivity contribution in [3.8, 4) is 22.6 Å². The zero-order valence-electron chi connectivity index (χ0n) is 16.2. The molecule has 0 aliphatic heterocycles. The number of thiazole rings is 1. The van der Waals surface area contributed by atoms with Gasteiger partial charge in [0.25, 0.3) is 5.91 Å². The minimum atomic E-state index is -0.264. The fourth-order valence-corrected chi connectivity index (χ4v) is 3.99. The number of nitrogens with zero attached hydrogens (tertiary/aromatic N) is 2. The molecule has 0 fully saturated rings. The van der Waals surface area contributed by atoms with Gasteiger partial charge in [-0.15, -0.1) is 11.3 Å². The van der Waals surface area contributed by atoms with Crippen LogP contribution in [0, 0.1) is 6.92 Å². The van der Waals surface area contributed by atoms with Crippen LogP contribution in [0.1, 0.15) is 16.1 Å². The lowest BCUT2D eigenvalue weighted by atomic mass is 10.0. The van der Waals surface area contributed by atoms with Crippen molar-refractivity contribution in [2.75, 3.05) is 5.32 Å². The van der Waals surface area contributed by atoms with Gasteiger partial charge in [0, 0.05) is 22.7 Å². The monoisotopic (exact) mass is 410 g/mol. The van der Waals surface area contributed by atoms with Crippen LogP contribution in [-0.2, 0) is 0 Å². The highest BCUT2D eigenvalue weighted by Gasteiger charge is 2.21. The molecule has 5 rings (SSSR count). The van der Waals surface area contributed by atoms with Gasteiger partial charge in [0.05, 0.1) is 0 Å². The average molecular weight is 411 g/mol. The van der Waals surface area contributed by atoms with Crippen LogP contribution in [-0.4, -0.2) is 20.9 Å². The Balaban J connectivity index is 1.66. The summed E-state index contributed by atoms with van der Waals surface area (Å²) in [4.78, 5) is 25.3. The molecule has 0 bridgehead atoms. The summed E-state index contributed by atoms with van der Waals surface area (Å²) < 4.78 is 0. The van der Waals surface area contributed by atoms with E-state index in [2.05, 4.69) is 33.5 Å². The number of aromatic amines is 1. The number of fused-ring (bicyclic) bond motifs is 1. The van der Waals surface area contributed by atoms with E-state index in [1.165, 1.54) is 11.3 Å². The second-order valence-electron chi connectivity index (χ2n) is 6.99. The molecule has 0 aliphatic rings. The molecule has 0 saturated carbocycles. The van der Waals surface area contributed by atoms with Crippen molar-refractivity contribution in [3.05, 3.63) is 89.6 Å². The lowest BCUT2D eigenvalue weighted by molar-refractivity contribution is 0.102. The number of nitrogens with one attached hydrogen (secondary N) is 2. The highest BCUT2D eigenvalue weighted by Crippen LogP contribution is 2.31. The molecular weight excluding hydrogens is 392 g/mol. The SMILES string of the molecule is Cc1ccc(-c2nc(-c3cccc4ccccc34)[nH]c2C(=O)Nc2nccs2)cc1. The summed E-state index contributed by atoms with van der Waals surface area (Å²) in [5, 5.41) is 7.44. The van der Waals surface area contributed by atoms with Crippen LogP contribution in [0.2, 0.25) is 0 Å². The first-order valence-electron chi connectivity index (χ1n) is 9.55. The summed E-state index contributed by atoms with van der Waals surface area (Å²) in [5.41, 5.74) is 4.02. The summed E-state index contributed by atoms with van der Waals surface area (Å²) in [7, 11) is 0. The molecule has 2 N–H and O–H groups in total. The maximum absolute atomic E-state index is 13.1. The second-order valence-corrected chi connectivity index (χ2v) is 7.89. The van der Waals surface area contributed by atoms with Crippen molar-refractivity contribution in [3.63, 3.8) is 0 Å².